The largest absolute Gasteiger partial charge is 0.508 e. The molecule has 0 bridgehead atoms. The number of fused-ring (bicyclic) bond motifs is 1. The van der Waals surface area contributed by atoms with Crippen molar-refractivity contribution < 1.29 is 15.0 Å². The summed E-state index contributed by atoms with van der Waals surface area (Å²) >= 11 is 4.47. The number of aromatic nitrogens is 1. The molecule has 0 aliphatic heterocycles. The molecule has 1 heterocycles. The number of aromatic hydroxyl groups is 2. The fourth-order valence-electron chi connectivity index (χ4n) is 3.19. The van der Waals surface area contributed by atoms with Crippen molar-refractivity contribution in [3.63, 3.8) is 0 Å². The van der Waals surface area contributed by atoms with Crippen molar-refractivity contribution in [3.8, 4) is 11.5 Å². The molecule has 28 heavy (non-hydrogen) atoms. The highest BCUT2D eigenvalue weighted by Gasteiger charge is 2.21. The number of carbonyl (C=O) groups excluding carboxylic acids is 1. The number of allylic oxidation sites excluding steroid dienone is 1. The number of nitrogens with one attached hydrogen (secondary N) is 1. The van der Waals surface area contributed by atoms with E-state index in [9.17, 15) is 15.0 Å². The van der Waals surface area contributed by atoms with Crippen LogP contribution in [0.5, 0.6) is 11.5 Å². The van der Waals surface area contributed by atoms with Gasteiger partial charge in [0, 0.05) is 30.3 Å². The molecule has 3 rings (SSSR count). The maximum atomic E-state index is 12.1. The summed E-state index contributed by atoms with van der Waals surface area (Å²) in [4.78, 5) is 13.9. The number of benzene rings is 2. The zero-order valence-corrected chi connectivity index (χ0v) is 16.4. The summed E-state index contributed by atoms with van der Waals surface area (Å²) in [5.41, 5.74) is 2.62. The summed E-state index contributed by atoms with van der Waals surface area (Å²) in [5, 5.41) is 23.8. The number of amides is 1. The first-order valence-corrected chi connectivity index (χ1v) is 9.02. The second-order valence-electron chi connectivity index (χ2n) is 6.08. The fourth-order valence-corrected chi connectivity index (χ4v) is 3.41. The van der Waals surface area contributed by atoms with Gasteiger partial charge in [-0.3, -0.25) is 4.57 Å². The van der Waals surface area contributed by atoms with E-state index < -0.39 is 0 Å². The molecule has 2 aromatic carbocycles. The van der Waals surface area contributed by atoms with E-state index in [0.717, 1.165) is 16.6 Å². The highest BCUT2D eigenvalue weighted by molar-refractivity contribution is 7.84. The van der Waals surface area contributed by atoms with Crippen molar-refractivity contribution in [1.82, 2.24) is 9.88 Å². The Labute approximate surface area is 168 Å². The monoisotopic (exact) mass is 395 g/mol. The number of anilines is 1. The maximum Gasteiger partial charge on any atom is 0.325 e. The van der Waals surface area contributed by atoms with E-state index in [1.54, 1.807) is 24.2 Å². The minimum absolute atomic E-state index is 0.0299. The van der Waals surface area contributed by atoms with Crippen LogP contribution in [0.25, 0.3) is 16.6 Å². The van der Waals surface area contributed by atoms with Gasteiger partial charge in [-0.1, -0.05) is 18.7 Å². The number of phenols is 2. The van der Waals surface area contributed by atoms with Crippen molar-refractivity contribution in [2.45, 2.75) is 6.92 Å². The normalized spacial score (nSPS) is 11.5. The Hall–Kier alpha value is -3.32. The minimum atomic E-state index is -0.245. The summed E-state index contributed by atoms with van der Waals surface area (Å²) < 4.78 is 1.52. The predicted molar refractivity (Wildman–Crippen MR) is 116 cm³/mol. The lowest BCUT2D eigenvalue weighted by Crippen LogP contribution is -2.23. The Balaban J connectivity index is 2.21. The van der Waals surface area contributed by atoms with Gasteiger partial charge in [0.1, 0.15) is 11.5 Å². The Kier molecular flexibility index (Phi) is 5.37. The third-order valence-electron chi connectivity index (χ3n) is 4.41. The van der Waals surface area contributed by atoms with Crippen LogP contribution in [-0.4, -0.2) is 27.9 Å². The predicted octanol–water partition coefficient (Wildman–Crippen LogP) is 4.51. The van der Waals surface area contributed by atoms with Gasteiger partial charge in [0.2, 0.25) is 0 Å². The van der Waals surface area contributed by atoms with Crippen LogP contribution in [-0.2, 0) is 0 Å². The maximum absolute atomic E-state index is 12.1. The molecular formula is C21H21N3O3S. The third-order valence-corrected chi connectivity index (χ3v) is 4.61. The van der Waals surface area contributed by atoms with Crippen molar-refractivity contribution in [2.75, 3.05) is 11.9 Å². The summed E-state index contributed by atoms with van der Waals surface area (Å²) in [6, 6.07) is 11.6. The summed E-state index contributed by atoms with van der Waals surface area (Å²) in [5.74, 6) is -0.0968. The van der Waals surface area contributed by atoms with Crippen LogP contribution >= 0.6 is 12.6 Å². The molecule has 1 aromatic heterocycles. The molecule has 3 N–H and O–H groups in total. The first-order chi connectivity index (χ1) is 13.4. The summed E-state index contributed by atoms with van der Waals surface area (Å²) in [7, 11) is 1.57. The van der Waals surface area contributed by atoms with Gasteiger partial charge in [0.25, 0.3) is 0 Å². The molecule has 0 fully saturated rings. The molecule has 0 radical (unpaired) electrons. The van der Waals surface area contributed by atoms with Crippen molar-refractivity contribution >= 4 is 40.9 Å². The van der Waals surface area contributed by atoms with E-state index >= 15 is 0 Å². The van der Waals surface area contributed by atoms with E-state index in [0.29, 0.717) is 16.3 Å². The van der Waals surface area contributed by atoms with E-state index in [1.807, 2.05) is 37.3 Å². The first-order valence-electron chi connectivity index (χ1n) is 8.57. The Bertz CT molecular complexity index is 1100. The van der Waals surface area contributed by atoms with Crippen LogP contribution in [0.1, 0.15) is 12.5 Å². The van der Waals surface area contributed by atoms with Gasteiger partial charge in [-0.25, -0.2) is 4.79 Å². The zero-order chi connectivity index (χ0) is 20.4. The molecule has 1 amide bonds. The van der Waals surface area contributed by atoms with E-state index in [2.05, 4.69) is 24.5 Å². The van der Waals surface area contributed by atoms with Crippen LogP contribution in [0.2, 0.25) is 0 Å². The highest BCUT2D eigenvalue weighted by Crippen LogP contribution is 2.39. The molecule has 3 aromatic rings. The van der Waals surface area contributed by atoms with Gasteiger partial charge in [-0.15, -0.1) is 12.6 Å². The van der Waals surface area contributed by atoms with Crippen molar-refractivity contribution in [3.05, 3.63) is 71.9 Å². The summed E-state index contributed by atoms with van der Waals surface area (Å²) in [6.45, 7) is 5.81. The second kappa shape index (κ2) is 7.74. The molecule has 0 saturated carbocycles. The standard InChI is InChI=1S/C21H21N3O3S/c1-4-17(16-9-8-14(25)12-20(16)26)24(13(2)28)19-7-5-6-18-15(19)10-11-23(18)21(27)22-3/h4-12,25-26,28H,2H2,1,3H3,(H,22,27)/b17-4-. The van der Waals surface area contributed by atoms with Crippen molar-refractivity contribution in [2.24, 2.45) is 0 Å². The lowest BCUT2D eigenvalue weighted by molar-refractivity contribution is 0.245. The molecular weight excluding hydrogens is 374 g/mol. The Morgan fingerprint density at radius 3 is 2.61 bits per heavy atom. The fraction of sp³-hybridized carbons (Fsp3) is 0.0952. The van der Waals surface area contributed by atoms with Crippen LogP contribution in [0, 0.1) is 0 Å². The van der Waals surface area contributed by atoms with Crippen LogP contribution < -0.4 is 10.2 Å². The average Bonchev–Trinajstić information content (AvgIpc) is 3.10. The number of rotatable bonds is 4. The molecule has 0 saturated heterocycles. The first kappa shape index (κ1) is 19.4. The topological polar surface area (TPSA) is 77.7 Å². The number of hydrogen-bond donors (Lipinski definition) is 4. The van der Waals surface area contributed by atoms with Crippen LogP contribution in [0.3, 0.4) is 0 Å². The number of nitrogens with zero attached hydrogens (tertiary/aromatic N) is 2. The van der Waals surface area contributed by atoms with Gasteiger partial charge >= 0.3 is 6.03 Å². The molecule has 144 valence electrons. The van der Waals surface area contributed by atoms with Crippen LogP contribution in [0.4, 0.5) is 10.5 Å². The van der Waals surface area contributed by atoms with E-state index in [4.69, 9.17) is 0 Å². The summed E-state index contributed by atoms with van der Waals surface area (Å²) in [6.07, 6.45) is 3.52. The van der Waals surface area contributed by atoms with Gasteiger partial charge < -0.3 is 20.4 Å². The van der Waals surface area contributed by atoms with E-state index in [-0.39, 0.29) is 17.5 Å². The van der Waals surface area contributed by atoms with Gasteiger partial charge in [-0.05, 0) is 37.3 Å². The average molecular weight is 395 g/mol. The van der Waals surface area contributed by atoms with Gasteiger partial charge in [0.15, 0.2) is 0 Å². The molecule has 0 spiro atoms. The molecule has 0 atom stereocenters. The number of thiol groups is 1. The number of phenolic OH excluding ortho intramolecular Hbond substituents is 2. The molecule has 6 nitrogen and oxygen atoms in total. The molecule has 0 aliphatic carbocycles. The third kappa shape index (κ3) is 3.32. The quantitative estimate of drug-likeness (QED) is 0.490. The number of hydrogen-bond acceptors (Lipinski definition) is 5. The lowest BCUT2D eigenvalue weighted by atomic mass is 10.1. The van der Waals surface area contributed by atoms with Crippen molar-refractivity contribution in [1.29, 1.82) is 0 Å². The van der Waals surface area contributed by atoms with E-state index in [1.165, 1.54) is 16.7 Å². The molecule has 7 heteroatoms. The van der Waals surface area contributed by atoms with Crippen LogP contribution in [0.15, 0.2) is 66.3 Å². The Morgan fingerprint density at radius 1 is 1.25 bits per heavy atom. The lowest BCUT2D eigenvalue weighted by Gasteiger charge is -2.28. The minimum Gasteiger partial charge on any atom is -0.508 e. The second-order valence-corrected chi connectivity index (χ2v) is 6.59. The van der Waals surface area contributed by atoms with Gasteiger partial charge in [0.05, 0.1) is 21.9 Å². The Morgan fingerprint density at radius 2 is 2.00 bits per heavy atom. The smallest absolute Gasteiger partial charge is 0.325 e. The number of carbonyl (C=O) groups is 1. The highest BCUT2D eigenvalue weighted by atomic mass is 32.1. The molecule has 0 aliphatic rings. The molecule has 0 unspecified atom stereocenters. The van der Waals surface area contributed by atoms with Gasteiger partial charge in [-0.2, -0.15) is 0 Å². The SMILES string of the molecule is C=C(S)N(/C(=C\C)c1ccc(O)cc1O)c1cccc2c1ccn2C(=O)NC. The zero-order valence-electron chi connectivity index (χ0n) is 15.5.